The SMILES string of the molecule is O=C(N(CCc1cccs1)C1CCOCC1)C1(c2ccccc2)CCOCC1. The molecule has 5 heteroatoms. The molecule has 2 aromatic rings. The van der Waals surface area contributed by atoms with Crippen molar-refractivity contribution in [2.24, 2.45) is 0 Å². The molecule has 0 atom stereocenters. The van der Waals surface area contributed by atoms with Crippen LogP contribution in [0.25, 0.3) is 0 Å². The molecule has 0 radical (unpaired) electrons. The topological polar surface area (TPSA) is 38.8 Å². The van der Waals surface area contributed by atoms with Crippen molar-refractivity contribution in [1.82, 2.24) is 4.90 Å². The van der Waals surface area contributed by atoms with Crippen LogP contribution in [0.15, 0.2) is 47.8 Å². The van der Waals surface area contributed by atoms with Crippen LogP contribution >= 0.6 is 11.3 Å². The maximum Gasteiger partial charge on any atom is 0.233 e. The minimum Gasteiger partial charge on any atom is -0.381 e. The number of ether oxygens (including phenoxy) is 2. The van der Waals surface area contributed by atoms with Crippen molar-refractivity contribution in [1.29, 1.82) is 0 Å². The van der Waals surface area contributed by atoms with Gasteiger partial charge in [0, 0.05) is 43.9 Å². The molecule has 4 nitrogen and oxygen atoms in total. The molecular formula is C23H29NO3S. The molecule has 0 spiro atoms. The predicted octanol–water partition coefficient (Wildman–Crippen LogP) is 4.05. The molecule has 2 aliphatic rings. The molecule has 1 amide bonds. The first-order valence-corrected chi connectivity index (χ1v) is 11.2. The molecule has 1 aromatic heterocycles. The van der Waals surface area contributed by atoms with Gasteiger partial charge >= 0.3 is 0 Å². The van der Waals surface area contributed by atoms with Gasteiger partial charge in [-0.2, -0.15) is 0 Å². The van der Waals surface area contributed by atoms with Crippen LogP contribution in [0.2, 0.25) is 0 Å². The molecule has 2 aliphatic heterocycles. The van der Waals surface area contributed by atoms with Crippen LogP contribution in [0.5, 0.6) is 0 Å². The van der Waals surface area contributed by atoms with Crippen molar-refractivity contribution in [3.05, 3.63) is 58.3 Å². The molecule has 0 bridgehead atoms. The lowest BCUT2D eigenvalue weighted by molar-refractivity contribution is -0.145. The fraction of sp³-hybridized carbons (Fsp3) is 0.522. The molecule has 0 N–H and O–H groups in total. The summed E-state index contributed by atoms with van der Waals surface area (Å²) in [5.74, 6) is 0.283. The van der Waals surface area contributed by atoms with Gasteiger partial charge in [0.05, 0.1) is 5.41 Å². The van der Waals surface area contributed by atoms with Crippen LogP contribution in [-0.2, 0) is 26.1 Å². The average Bonchev–Trinajstić information content (AvgIpc) is 3.29. The van der Waals surface area contributed by atoms with E-state index in [9.17, 15) is 4.79 Å². The summed E-state index contributed by atoms with van der Waals surface area (Å²) in [6.45, 7) is 3.56. The van der Waals surface area contributed by atoms with Gasteiger partial charge in [0.15, 0.2) is 0 Å². The first kappa shape index (κ1) is 19.6. The van der Waals surface area contributed by atoms with E-state index in [1.165, 1.54) is 4.88 Å². The van der Waals surface area contributed by atoms with E-state index in [1.54, 1.807) is 11.3 Å². The second-order valence-corrected chi connectivity index (χ2v) is 8.76. The van der Waals surface area contributed by atoms with Gasteiger partial charge in [-0.05, 0) is 49.1 Å². The van der Waals surface area contributed by atoms with Crippen molar-refractivity contribution >= 4 is 17.2 Å². The Balaban J connectivity index is 1.62. The summed E-state index contributed by atoms with van der Waals surface area (Å²) in [6, 6.07) is 14.9. The monoisotopic (exact) mass is 399 g/mol. The Morgan fingerprint density at radius 1 is 1.00 bits per heavy atom. The average molecular weight is 400 g/mol. The summed E-state index contributed by atoms with van der Waals surface area (Å²) in [7, 11) is 0. The third kappa shape index (κ3) is 4.17. The Bertz CT molecular complexity index is 734. The van der Waals surface area contributed by atoms with E-state index in [-0.39, 0.29) is 11.9 Å². The summed E-state index contributed by atoms with van der Waals surface area (Å²) in [5, 5.41) is 2.11. The van der Waals surface area contributed by atoms with E-state index in [0.29, 0.717) is 13.2 Å². The van der Waals surface area contributed by atoms with Gasteiger partial charge in [-0.3, -0.25) is 4.79 Å². The molecule has 28 heavy (non-hydrogen) atoms. The number of carbonyl (C=O) groups excluding carboxylic acids is 1. The quantitative estimate of drug-likeness (QED) is 0.736. The van der Waals surface area contributed by atoms with Crippen LogP contribution in [-0.4, -0.2) is 49.8 Å². The lowest BCUT2D eigenvalue weighted by Crippen LogP contribution is -2.54. The predicted molar refractivity (Wildman–Crippen MR) is 112 cm³/mol. The van der Waals surface area contributed by atoms with Gasteiger partial charge in [0.25, 0.3) is 0 Å². The van der Waals surface area contributed by atoms with Gasteiger partial charge in [0.2, 0.25) is 5.91 Å². The number of benzene rings is 1. The molecule has 0 saturated carbocycles. The lowest BCUT2D eigenvalue weighted by atomic mass is 9.72. The van der Waals surface area contributed by atoms with Crippen LogP contribution in [0, 0.1) is 0 Å². The zero-order valence-electron chi connectivity index (χ0n) is 16.3. The highest BCUT2D eigenvalue weighted by atomic mass is 32.1. The van der Waals surface area contributed by atoms with Crippen LogP contribution in [0.1, 0.15) is 36.1 Å². The van der Waals surface area contributed by atoms with Crippen molar-refractivity contribution in [3.8, 4) is 0 Å². The highest BCUT2D eigenvalue weighted by Crippen LogP contribution is 2.38. The van der Waals surface area contributed by atoms with Crippen molar-refractivity contribution in [2.45, 2.75) is 43.6 Å². The zero-order chi connectivity index (χ0) is 19.2. The summed E-state index contributed by atoms with van der Waals surface area (Å²) >= 11 is 1.77. The Kier molecular flexibility index (Phi) is 6.45. The maximum atomic E-state index is 14.1. The van der Waals surface area contributed by atoms with Crippen LogP contribution in [0.4, 0.5) is 0 Å². The minimum atomic E-state index is -0.465. The second kappa shape index (κ2) is 9.21. The summed E-state index contributed by atoms with van der Waals surface area (Å²) in [5.41, 5.74) is 0.671. The number of hydrogen-bond acceptors (Lipinski definition) is 4. The zero-order valence-corrected chi connectivity index (χ0v) is 17.2. The molecule has 1 aromatic carbocycles. The van der Waals surface area contributed by atoms with Gasteiger partial charge in [-0.15, -0.1) is 11.3 Å². The molecule has 3 heterocycles. The summed E-state index contributed by atoms with van der Waals surface area (Å²) in [6.07, 6.45) is 4.29. The fourth-order valence-electron chi connectivity index (χ4n) is 4.51. The van der Waals surface area contributed by atoms with Crippen molar-refractivity contribution in [2.75, 3.05) is 33.0 Å². The third-order valence-corrected chi connectivity index (χ3v) is 7.09. The minimum absolute atomic E-state index is 0.268. The maximum absolute atomic E-state index is 14.1. The largest absolute Gasteiger partial charge is 0.381 e. The molecule has 0 aliphatic carbocycles. The van der Waals surface area contributed by atoms with E-state index >= 15 is 0 Å². The smallest absolute Gasteiger partial charge is 0.233 e. The molecular weight excluding hydrogens is 370 g/mol. The van der Waals surface area contributed by atoms with E-state index in [2.05, 4.69) is 34.5 Å². The number of rotatable bonds is 6. The number of thiophene rings is 1. The first-order valence-electron chi connectivity index (χ1n) is 10.3. The van der Waals surface area contributed by atoms with Gasteiger partial charge in [-0.1, -0.05) is 36.4 Å². The summed E-state index contributed by atoms with van der Waals surface area (Å²) < 4.78 is 11.2. The van der Waals surface area contributed by atoms with E-state index < -0.39 is 5.41 Å². The Labute approximate surface area is 171 Å². The number of nitrogens with zero attached hydrogens (tertiary/aromatic N) is 1. The first-order chi connectivity index (χ1) is 13.8. The Hall–Kier alpha value is -1.69. The van der Waals surface area contributed by atoms with E-state index in [4.69, 9.17) is 9.47 Å². The van der Waals surface area contributed by atoms with Crippen LogP contribution in [0.3, 0.4) is 0 Å². The van der Waals surface area contributed by atoms with E-state index in [0.717, 1.165) is 57.4 Å². The van der Waals surface area contributed by atoms with E-state index in [1.807, 2.05) is 18.2 Å². The van der Waals surface area contributed by atoms with Gasteiger partial charge in [-0.25, -0.2) is 0 Å². The Morgan fingerprint density at radius 2 is 1.71 bits per heavy atom. The third-order valence-electron chi connectivity index (χ3n) is 6.15. The summed E-state index contributed by atoms with van der Waals surface area (Å²) in [4.78, 5) is 17.6. The van der Waals surface area contributed by atoms with Crippen LogP contribution < -0.4 is 0 Å². The fourth-order valence-corrected chi connectivity index (χ4v) is 5.21. The highest BCUT2D eigenvalue weighted by Gasteiger charge is 2.45. The molecule has 2 saturated heterocycles. The molecule has 4 rings (SSSR count). The second-order valence-electron chi connectivity index (χ2n) is 7.73. The lowest BCUT2D eigenvalue weighted by Gasteiger charge is -2.43. The molecule has 2 fully saturated rings. The molecule has 0 unspecified atom stereocenters. The number of carbonyl (C=O) groups is 1. The number of amides is 1. The number of hydrogen-bond donors (Lipinski definition) is 0. The van der Waals surface area contributed by atoms with Crippen molar-refractivity contribution in [3.63, 3.8) is 0 Å². The van der Waals surface area contributed by atoms with Crippen molar-refractivity contribution < 1.29 is 14.3 Å². The van der Waals surface area contributed by atoms with Gasteiger partial charge < -0.3 is 14.4 Å². The van der Waals surface area contributed by atoms with Gasteiger partial charge in [0.1, 0.15) is 0 Å². The normalized spacial score (nSPS) is 20.0. The highest BCUT2D eigenvalue weighted by molar-refractivity contribution is 7.09. The Morgan fingerprint density at radius 3 is 2.39 bits per heavy atom. The molecule has 150 valence electrons. The standard InChI is InChI=1S/C23H29NO3S/c25-22(23(11-16-27-17-12-23)19-5-2-1-3-6-19)24(20-9-14-26-15-10-20)13-8-21-7-4-18-28-21/h1-7,18,20H,8-17H2.